The van der Waals surface area contributed by atoms with Gasteiger partial charge in [-0.05, 0) is 104 Å². The Morgan fingerprint density at radius 3 is 1.60 bits per heavy atom. The molecule has 0 amide bonds. The summed E-state index contributed by atoms with van der Waals surface area (Å²) in [5.41, 5.74) is 17.3. The summed E-state index contributed by atoms with van der Waals surface area (Å²) < 4.78 is 9.92. The molecule has 57 heavy (non-hydrogen) atoms. The molecule has 296 valence electrons. The molecule has 13 heteroatoms. The Labute approximate surface area is 352 Å². The topological polar surface area (TPSA) is 120 Å². The number of carbonyl (C=O) groups excluding carboxylic acids is 2. The summed E-state index contributed by atoms with van der Waals surface area (Å²) in [7, 11) is 4.76. The number of thiazole rings is 2. The Hall–Kier alpha value is -5.07. The third kappa shape index (κ3) is 10.9. The number of nitrogens with zero attached hydrogens (tertiary/aromatic N) is 4. The number of nitrogens with two attached hydrogens (primary N) is 1. The number of carbonyl (C=O) groups is 2. The Balaban J connectivity index is 0.000000221. The van der Waals surface area contributed by atoms with Gasteiger partial charge < -0.3 is 20.1 Å². The zero-order valence-electron chi connectivity index (χ0n) is 33.2. The number of hydrogen-bond acceptors (Lipinski definition) is 10. The van der Waals surface area contributed by atoms with Crippen molar-refractivity contribution < 1.29 is 19.1 Å². The minimum atomic E-state index is -0.385. The summed E-state index contributed by atoms with van der Waals surface area (Å²) in [6.45, 7) is 11.1. The lowest BCUT2D eigenvalue weighted by molar-refractivity contribution is 0.0598. The van der Waals surface area contributed by atoms with Crippen molar-refractivity contribution in [3.8, 4) is 22.5 Å². The summed E-state index contributed by atoms with van der Waals surface area (Å²) in [5.74, 6) is -0.768. The van der Waals surface area contributed by atoms with Gasteiger partial charge in [0.05, 0.1) is 47.6 Å². The van der Waals surface area contributed by atoms with Gasteiger partial charge in [0.1, 0.15) is 9.75 Å². The minimum Gasteiger partial charge on any atom is -0.465 e. The van der Waals surface area contributed by atoms with Crippen LogP contribution in [0.5, 0.6) is 0 Å². The lowest BCUT2D eigenvalue weighted by atomic mass is 10.0. The van der Waals surface area contributed by atoms with Gasteiger partial charge in [-0.3, -0.25) is 0 Å². The summed E-state index contributed by atoms with van der Waals surface area (Å²) in [5, 5.41) is 2.98. The van der Waals surface area contributed by atoms with Crippen LogP contribution in [-0.4, -0.2) is 61.0 Å². The molecule has 0 radical (unpaired) electrons. The molecule has 0 unspecified atom stereocenters. The molecule has 0 spiro atoms. The number of aromatic nitrogens is 2. The van der Waals surface area contributed by atoms with Crippen molar-refractivity contribution in [3.05, 3.63) is 136 Å². The van der Waals surface area contributed by atoms with Gasteiger partial charge in [-0.15, -0.1) is 22.7 Å². The summed E-state index contributed by atoms with van der Waals surface area (Å²) in [4.78, 5) is 41.7. The molecular weight excluding hydrogens is 798 g/mol. The molecule has 0 bridgehead atoms. The number of hydrogen-bond donors (Lipinski definition) is 1. The van der Waals surface area contributed by atoms with Crippen LogP contribution in [-0.2, 0) is 22.3 Å². The smallest absolute Gasteiger partial charge is 0.350 e. The van der Waals surface area contributed by atoms with Crippen molar-refractivity contribution in [2.24, 2.45) is 4.99 Å². The molecule has 0 aliphatic rings. The van der Waals surface area contributed by atoms with E-state index in [1.54, 1.807) is 24.3 Å². The van der Waals surface area contributed by atoms with Gasteiger partial charge in [0.2, 0.25) is 0 Å². The van der Waals surface area contributed by atoms with Crippen LogP contribution >= 0.6 is 45.9 Å². The molecule has 2 heterocycles. The zero-order valence-corrected chi connectivity index (χ0v) is 36.3. The van der Waals surface area contributed by atoms with Gasteiger partial charge in [-0.2, -0.15) is 0 Å². The number of esters is 2. The van der Waals surface area contributed by atoms with Crippen molar-refractivity contribution in [1.82, 2.24) is 14.9 Å². The number of benzene rings is 4. The second-order valence-corrected chi connectivity index (χ2v) is 16.5. The Bertz CT molecular complexity index is 2410. The van der Waals surface area contributed by atoms with Gasteiger partial charge in [0, 0.05) is 53.3 Å². The summed E-state index contributed by atoms with van der Waals surface area (Å²) >= 11 is 14.7. The predicted octanol–water partition coefficient (Wildman–Crippen LogP) is 11.1. The van der Waals surface area contributed by atoms with Gasteiger partial charge in [0.25, 0.3) is 0 Å². The molecule has 2 N–H and O–H groups in total. The van der Waals surface area contributed by atoms with Crippen LogP contribution in [0.1, 0.15) is 69.7 Å². The number of halogens is 2. The number of methoxy groups -OCH3 is 2. The van der Waals surface area contributed by atoms with E-state index in [1.807, 2.05) is 62.5 Å². The van der Waals surface area contributed by atoms with E-state index in [0.717, 1.165) is 72.4 Å². The number of rotatable bonds is 11. The Morgan fingerprint density at radius 2 is 1.16 bits per heavy atom. The fourth-order valence-electron chi connectivity index (χ4n) is 5.80. The number of ether oxygens (including phenoxy) is 2. The SMILES string of the molecule is CCN(C)C=Nc1cc(C)c(Cc2nc(-c3ccc(Cl)cc3)c(C(=O)OC)s2)cc1C.COC(=O)c1sc(Cc2cc(C)c(N)cc2C)nc1-c1ccc(Cl)cc1. The van der Waals surface area contributed by atoms with E-state index in [-0.39, 0.29) is 11.9 Å². The van der Waals surface area contributed by atoms with Crippen LogP contribution in [0, 0.1) is 27.7 Å². The van der Waals surface area contributed by atoms with Crippen molar-refractivity contribution in [3.63, 3.8) is 0 Å². The number of aryl methyl sites for hydroxylation is 4. The number of nitrogen functional groups attached to an aromatic ring is 1. The second-order valence-electron chi connectivity index (χ2n) is 13.4. The monoisotopic (exact) mass is 841 g/mol. The largest absolute Gasteiger partial charge is 0.465 e. The highest BCUT2D eigenvalue weighted by Gasteiger charge is 2.22. The average Bonchev–Trinajstić information content (AvgIpc) is 3.82. The average molecular weight is 843 g/mol. The highest BCUT2D eigenvalue weighted by atomic mass is 35.5. The van der Waals surface area contributed by atoms with E-state index in [2.05, 4.69) is 44.0 Å². The fraction of sp³-hybridized carbons (Fsp3) is 0.250. The third-order valence-corrected chi connectivity index (χ3v) is 11.8. The lowest BCUT2D eigenvalue weighted by Gasteiger charge is -2.11. The van der Waals surface area contributed by atoms with E-state index in [4.69, 9.17) is 48.4 Å². The normalized spacial score (nSPS) is 11.0. The van der Waals surface area contributed by atoms with Gasteiger partial charge in [-0.1, -0.05) is 59.6 Å². The van der Waals surface area contributed by atoms with Crippen molar-refractivity contribution in [2.75, 3.05) is 33.5 Å². The maximum absolute atomic E-state index is 12.4. The van der Waals surface area contributed by atoms with Crippen LogP contribution < -0.4 is 5.73 Å². The molecule has 4 aromatic carbocycles. The predicted molar refractivity (Wildman–Crippen MR) is 236 cm³/mol. The summed E-state index contributed by atoms with van der Waals surface area (Å²) in [6.07, 6.45) is 3.12. The maximum atomic E-state index is 12.4. The summed E-state index contributed by atoms with van der Waals surface area (Å²) in [6, 6.07) is 22.9. The number of aliphatic imine (C=N–C) groups is 1. The van der Waals surface area contributed by atoms with Crippen LogP contribution in [0.4, 0.5) is 11.4 Å². The first-order chi connectivity index (χ1) is 27.2. The molecule has 0 aliphatic heterocycles. The van der Waals surface area contributed by atoms with E-state index < -0.39 is 0 Å². The van der Waals surface area contributed by atoms with Crippen molar-refractivity contribution >= 4 is 75.5 Å². The molecule has 0 atom stereocenters. The minimum absolute atomic E-state index is 0.383. The highest BCUT2D eigenvalue weighted by molar-refractivity contribution is 7.14. The maximum Gasteiger partial charge on any atom is 0.350 e. The van der Waals surface area contributed by atoms with Crippen LogP contribution in [0.15, 0.2) is 77.8 Å². The molecular formula is C44H45Cl2N5O4S2. The molecule has 6 rings (SSSR count). The second kappa shape index (κ2) is 19.4. The van der Waals surface area contributed by atoms with E-state index in [0.29, 0.717) is 44.0 Å². The van der Waals surface area contributed by atoms with Crippen LogP contribution in [0.3, 0.4) is 0 Å². The first-order valence-electron chi connectivity index (χ1n) is 18.1. The van der Waals surface area contributed by atoms with Crippen molar-refractivity contribution in [2.45, 2.75) is 47.5 Å². The Kier molecular flexibility index (Phi) is 14.6. The van der Waals surface area contributed by atoms with E-state index in [1.165, 1.54) is 36.9 Å². The molecule has 0 aliphatic carbocycles. The first kappa shape index (κ1) is 43.1. The fourth-order valence-corrected chi connectivity index (χ4v) is 8.10. The lowest BCUT2D eigenvalue weighted by Crippen LogP contribution is -2.14. The third-order valence-electron chi connectivity index (χ3n) is 9.27. The van der Waals surface area contributed by atoms with E-state index >= 15 is 0 Å². The molecule has 9 nitrogen and oxygen atoms in total. The standard InChI is InChI=1S/C24H26ClN3O2S.C20H19ClN2O2S/c1-6-28(4)14-26-20-12-15(2)18(11-16(20)3)13-21-27-22(23(31-21)24(29)30-5)17-7-9-19(25)10-8-17;1-11-9-16(22)12(2)8-14(11)10-17-23-18(19(26-17)20(24)25-3)13-4-6-15(21)7-5-13/h7-12,14H,6,13H2,1-5H3;4-9H,10,22H2,1-3H3. The van der Waals surface area contributed by atoms with E-state index in [9.17, 15) is 9.59 Å². The quantitative estimate of drug-likeness (QED) is 0.0592. The van der Waals surface area contributed by atoms with Crippen LogP contribution in [0.2, 0.25) is 10.0 Å². The molecule has 6 aromatic rings. The molecule has 0 saturated heterocycles. The van der Waals surface area contributed by atoms with Crippen molar-refractivity contribution in [1.29, 1.82) is 0 Å². The highest BCUT2D eigenvalue weighted by Crippen LogP contribution is 2.34. The first-order valence-corrected chi connectivity index (χ1v) is 20.5. The van der Waals surface area contributed by atoms with Gasteiger partial charge in [-0.25, -0.2) is 24.5 Å². The van der Waals surface area contributed by atoms with Gasteiger partial charge >= 0.3 is 11.9 Å². The Morgan fingerprint density at radius 1 is 0.719 bits per heavy atom. The zero-order chi connectivity index (χ0) is 41.4. The molecule has 0 fully saturated rings. The molecule has 2 aromatic heterocycles. The number of anilines is 1. The molecule has 0 saturated carbocycles. The van der Waals surface area contributed by atoms with Crippen LogP contribution in [0.25, 0.3) is 22.5 Å². The van der Waals surface area contributed by atoms with Gasteiger partial charge in [0.15, 0.2) is 0 Å².